The fourth-order valence-corrected chi connectivity index (χ4v) is 6.81. The van der Waals surface area contributed by atoms with Crippen LogP contribution in [0.2, 0.25) is 0 Å². The lowest BCUT2D eigenvalue weighted by Crippen LogP contribution is -2.57. The van der Waals surface area contributed by atoms with E-state index in [2.05, 4.69) is 48.2 Å². The van der Waals surface area contributed by atoms with Crippen molar-refractivity contribution in [2.45, 2.75) is 55.3 Å². The quantitative estimate of drug-likeness (QED) is 0.275. The Labute approximate surface area is 259 Å². The molecule has 0 aliphatic carbocycles. The second-order valence-corrected chi connectivity index (χ2v) is 12.6. The average molecular weight is 709 g/mol. The highest BCUT2D eigenvalue weighted by atomic mass is 79.9. The zero-order valence-electron chi connectivity index (χ0n) is 22.7. The molecule has 5 aliphatic rings. The number of rotatable bonds is 0. The van der Waals surface area contributed by atoms with E-state index in [0.717, 1.165) is 21.8 Å². The molecule has 5 aliphatic heterocycles. The van der Waals surface area contributed by atoms with Gasteiger partial charge in [0, 0.05) is 46.6 Å². The van der Waals surface area contributed by atoms with Crippen LogP contribution in [0, 0.1) is 0 Å². The standard InChI is InChI=1S/C15H15BrN2O4.C13H13BrO3.CH3NO/c16-9-1-2-11-10(7-9)15(12(19)17-13(20)18-15)8-14(22-11)3-5-21-6-4-14;14-9-1-2-12-10(7-9)11(15)8-13(17-12)3-5-16-6-4-13;2-1-3/h1-2,7H,3-6,8H2,(H2,17,18,19,20);1-2,7H,3-6,8H2;1H,(H2,2,3). The van der Waals surface area contributed by atoms with Crippen LogP contribution in [0.5, 0.6) is 11.5 Å². The largest absolute Gasteiger partial charge is 0.487 e. The maximum atomic E-state index is 12.6. The summed E-state index contributed by atoms with van der Waals surface area (Å²) < 4.78 is 24.8. The van der Waals surface area contributed by atoms with E-state index in [1.807, 2.05) is 36.4 Å². The molecular weight excluding hydrogens is 678 g/mol. The molecule has 4 N–H and O–H groups in total. The first kappa shape index (κ1) is 30.5. The van der Waals surface area contributed by atoms with Crippen LogP contribution in [-0.2, 0) is 24.6 Å². The van der Waals surface area contributed by atoms with Crippen molar-refractivity contribution in [1.29, 1.82) is 0 Å². The molecule has 0 saturated carbocycles. The van der Waals surface area contributed by atoms with Gasteiger partial charge in [-0.05, 0) is 36.4 Å². The zero-order chi connectivity index (χ0) is 30.0. The molecule has 2 aromatic rings. The molecule has 13 heteroatoms. The summed E-state index contributed by atoms with van der Waals surface area (Å²) in [6.07, 6.45) is 4.15. The summed E-state index contributed by atoms with van der Waals surface area (Å²) in [5, 5.41) is 5.20. The Morgan fingerprint density at radius 2 is 1.36 bits per heavy atom. The number of nitrogens with two attached hydrogens (primary N) is 1. The molecule has 3 saturated heterocycles. The number of ketones is 1. The summed E-state index contributed by atoms with van der Waals surface area (Å²) in [5.74, 6) is 1.22. The van der Waals surface area contributed by atoms with E-state index in [4.69, 9.17) is 23.7 Å². The van der Waals surface area contributed by atoms with E-state index in [0.29, 0.717) is 74.7 Å². The van der Waals surface area contributed by atoms with Gasteiger partial charge in [-0.1, -0.05) is 31.9 Å². The van der Waals surface area contributed by atoms with Crippen molar-refractivity contribution in [1.82, 2.24) is 10.6 Å². The number of nitrogens with one attached hydrogen (secondary N) is 2. The molecular formula is C29H31Br2N3O8. The molecule has 5 heterocycles. The van der Waals surface area contributed by atoms with Crippen LogP contribution in [0.15, 0.2) is 45.3 Å². The van der Waals surface area contributed by atoms with Gasteiger partial charge in [0.05, 0.1) is 38.4 Å². The predicted molar refractivity (Wildman–Crippen MR) is 157 cm³/mol. The van der Waals surface area contributed by atoms with Gasteiger partial charge in [0.1, 0.15) is 22.7 Å². The van der Waals surface area contributed by atoms with Crippen LogP contribution in [-0.4, -0.2) is 61.8 Å². The van der Waals surface area contributed by atoms with Crippen LogP contribution in [0.4, 0.5) is 4.79 Å². The van der Waals surface area contributed by atoms with E-state index < -0.39 is 17.2 Å². The lowest BCUT2D eigenvalue weighted by atomic mass is 9.73. The summed E-state index contributed by atoms with van der Waals surface area (Å²) in [6, 6.07) is 10.7. The summed E-state index contributed by atoms with van der Waals surface area (Å²) in [4.78, 5) is 45.1. The minimum Gasteiger partial charge on any atom is -0.487 e. The Morgan fingerprint density at radius 1 is 0.810 bits per heavy atom. The van der Waals surface area contributed by atoms with Gasteiger partial charge in [-0.3, -0.25) is 19.7 Å². The van der Waals surface area contributed by atoms with Crippen LogP contribution in [0.25, 0.3) is 0 Å². The Morgan fingerprint density at radius 3 is 1.95 bits per heavy atom. The number of ether oxygens (including phenoxy) is 4. The summed E-state index contributed by atoms with van der Waals surface area (Å²) in [5.41, 5.74) is 3.69. The zero-order valence-corrected chi connectivity index (χ0v) is 25.9. The van der Waals surface area contributed by atoms with Crippen molar-refractivity contribution in [2.75, 3.05) is 26.4 Å². The molecule has 11 nitrogen and oxygen atoms in total. The Balaban J connectivity index is 0.000000158. The third-order valence-electron chi connectivity index (χ3n) is 8.12. The number of carbonyl (C=O) groups excluding carboxylic acids is 4. The van der Waals surface area contributed by atoms with Gasteiger partial charge in [-0.2, -0.15) is 0 Å². The number of urea groups is 1. The van der Waals surface area contributed by atoms with Crippen LogP contribution < -0.4 is 25.8 Å². The Bertz CT molecular complexity index is 1390. The first-order valence-electron chi connectivity index (χ1n) is 13.6. The number of halogens is 2. The Kier molecular flexibility index (Phi) is 8.93. The number of fused-ring (bicyclic) bond motifs is 3. The second kappa shape index (κ2) is 12.3. The molecule has 0 radical (unpaired) electrons. The first-order chi connectivity index (χ1) is 20.1. The first-order valence-corrected chi connectivity index (χ1v) is 15.2. The highest BCUT2D eigenvalue weighted by Crippen LogP contribution is 2.49. The van der Waals surface area contributed by atoms with E-state index in [-0.39, 0.29) is 23.7 Å². The number of primary amides is 1. The highest BCUT2D eigenvalue weighted by Gasteiger charge is 2.58. The van der Waals surface area contributed by atoms with E-state index in [1.165, 1.54) is 0 Å². The van der Waals surface area contributed by atoms with E-state index in [9.17, 15) is 14.4 Å². The molecule has 0 bridgehead atoms. The maximum Gasteiger partial charge on any atom is 0.322 e. The number of amides is 4. The minimum atomic E-state index is -1.06. The van der Waals surface area contributed by atoms with Crippen molar-refractivity contribution in [3.8, 4) is 11.5 Å². The summed E-state index contributed by atoms with van der Waals surface area (Å²) in [7, 11) is 0. The monoisotopic (exact) mass is 707 g/mol. The fraction of sp³-hybridized carbons (Fsp3) is 0.448. The molecule has 3 fully saturated rings. The van der Waals surface area contributed by atoms with Crippen molar-refractivity contribution in [3.05, 3.63) is 56.5 Å². The van der Waals surface area contributed by atoms with Crippen molar-refractivity contribution in [3.63, 3.8) is 0 Å². The summed E-state index contributed by atoms with van der Waals surface area (Å²) in [6.45, 7) is 2.55. The van der Waals surface area contributed by atoms with Crippen LogP contribution in [0.3, 0.4) is 0 Å². The number of hydrogen-bond donors (Lipinski definition) is 3. The number of benzene rings is 2. The average Bonchev–Trinajstić information content (AvgIpc) is 3.23. The van der Waals surface area contributed by atoms with Gasteiger partial charge in [-0.25, -0.2) is 4.79 Å². The molecule has 0 aromatic heterocycles. The molecule has 224 valence electrons. The topological polar surface area (TPSA) is 155 Å². The molecule has 7 rings (SSSR count). The number of carbonyl (C=O) groups is 4. The van der Waals surface area contributed by atoms with E-state index >= 15 is 0 Å². The lowest BCUT2D eigenvalue weighted by molar-refractivity contribution is -0.131. The molecule has 4 amide bonds. The van der Waals surface area contributed by atoms with Crippen molar-refractivity contribution < 1.29 is 38.1 Å². The maximum absolute atomic E-state index is 12.6. The third-order valence-corrected chi connectivity index (χ3v) is 9.10. The van der Waals surface area contributed by atoms with Gasteiger partial charge in [0.15, 0.2) is 11.3 Å². The predicted octanol–water partition coefficient (Wildman–Crippen LogP) is 3.88. The van der Waals surface area contributed by atoms with Gasteiger partial charge in [-0.15, -0.1) is 0 Å². The van der Waals surface area contributed by atoms with Crippen LogP contribution >= 0.6 is 31.9 Å². The SMILES string of the molecule is NC=O.O=C1CC2(CCOCC2)Oc2ccc(Br)cc21.O=C1NC(=O)C2(CC3(CCOCC3)Oc3ccc(Br)cc32)N1. The van der Waals surface area contributed by atoms with Crippen molar-refractivity contribution >= 4 is 56.0 Å². The Hall–Kier alpha value is -3.00. The van der Waals surface area contributed by atoms with Crippen LogP contribution in [0.1, 0.15) is 54.4 Å². The fourth-order valence-electron chi connectivity index (χ4n) is 6.09. The molecule has 3 spiro atoms. The minimum absolute atomic E-state index is 0.175. The molecule has 42 heavy (non-hydrogen) atoms. The van der Waals surface area contributed by atoms with Gasteiger partial charge >= 0.3 is 6.03 Å². The third kappa shape index (κ3) is 6.05. The van der Waals surface area contributed by atoms with E-state index in [1.54, 1.807) is 0 Å². The highest BCUT2D eigenvalue weighted by molar-refractivity contribution is 9.10. The van der Waals surface area contributed by atoms with Gasteiger partial charge in [0.25, 0.3) is 5.91 Å². The summed E-state index contributed by atoms with van der Waals surface area (Å²) >= 11 is 6.80. The van der Waals surface area contributed by atoms with Crippen molar-refractivity contribution in [2.24, 2.45) is 5.73 Å². The number of Topliss-reactive ketones (excluding diaryl/α,β-unsaturated/α-hetero) is 1. The second-order valence-electron chi connectivity index (χ2n) is 10.8. The van der Waals surface area contributed by atoms with Gasteiger partial charge < -0.3 is 30.0 Å². The molecule has 2 aromatic carbocycles. The normalized spacial score (nSPS) is 24.4. The number of imide groups is 1. The van der Waals surface area contributed by atoms with Gasteiger partial charge in [0.2, 0.25) is 6.41 Å². The lowest BCUT2D eigenvalue weighted by Gasteiger charge is -2.47. The molecule has 1 atom stereocenters. The number of hydrogen-bond acceptors (Lipinski definition) is 8. The molecule has 1 unspecified atom stereocenters. The smallest absolute Gasteiger partial charge is 0.322 e.